The molecule has 2 amide bonds. The molecule has 3 N–H and O–H groups in total. The second-order valence-corrected chi connectivity index (χ2v) is 6.99. The number of carbonyl (C=O) groups excluding carboxylic acids is 3. The van der Waals surface area contributed by atoms with Crippen LogP contribution in [0.1, 0.15) is 52.9 Å². The fourth-order valence-corrected chi connectivity index (χ4v) is 3.04. The van der Waals surface area contributed by atoms with Gasteiger partial charge in [-0.3, -0.25) is 9.59 Å². The number of aromatic amines is 1. The van der Waals surface area contributed by atoms with E-state index in [0.717, 1.165) is 0 Å². The van der Waals surface area contributed by atoms with Crippen LogP contribution in [0.3, 0.4) is 0 Å². The van der Waals surface area contributed by atoms with Gasteiger partial charge in [0.1, 0.15) is 11.4 Å². The van der Waals surface area contributed by atoms with Gasteiger partial charge in [0.2, 0.25) is 0 Å². The fraction of sp³-hybridized carbons (Fsp3) is 0.350. The van der Waals surface area contributed by atoms with E-state index >= 15 is 0 Å². The van der Waals surface area contributed by atoms with Gasteiger partial charge in [0.05, 0.1) is 17.4 Å². The molecule has 1 aliphatic rings. The highest BCUT2D eigenvalue weighted by atomic mass is 16.5. The monoisotopic (exact) mass is 385 g/mol. The highest BCUT2D eigenvalue weighted by Gasteiger charge is 2.25. The molecule has 0 bridgehead atoms. The molecule has 8 heteroatoms. The summed E-state index contributed by atoms with van der Waals surface area (Å²) in [4.78, 5) is 39.7. The number of H-pyrrole nitrogens is 1. The molecule has 8 nitrogen and oxygen atoms in total. The summed E-state index contributed by atoms with van der Waals surface area (Å²) in [6.07, 6.45) is -0.823. The average Bonchev–Trinajstić information content (AvgIpc) is 2.90. The molecular weight excluding hydrogens is 362 g/mol. The minimum atomic E-state index is -0.568. The molecule has 1 unspecified atom stereocenters. The number of esters is 1. The largest absolute Gasteiger partial charge is 0.479 e. The van der Waals surface area contributed by atoms with Gasteiger partial charge in [0, 0.05) is 11.4 Å². The number of amides is 2. The summed E-state index contributed by atoms with van der Waals surface area (Å²) < 4.78 is 10.7. The predicted octanol–water partition coefficient (Wildman–Crippen LogP) is 3.17. The van der Waals surface area contributed by atoms with Crippen LogP contribution in [0.25, 0.3) is 0 Å². The fourth-order valence-electron chi connectivity index (χ4n) is 3.04. The van der Waals surface area contributed by atoms with Crippen molar-refractivity contribution in [1.29, 1.82) is 0 Å². The van der Waals surface area contributed by atoms with Crippen LogP contribution < -0.4 is 15.4 Å². The number of fused-ring (bicyclic) bond motifs is 1. The van der Waals surface area contributed by atoms with E-state index in [9.17, 15) is 14.4 Å². The maximum Gasteiger partial charge on any atom is 0.340 e. The minimum absolute atomic E-state index is 0.250. The van der Waals surface area contributed by atoms with Crippen molar-refractivity contribution in [3.63, 3.8) is 0 Å². The van der Waals surface area contributed by atoms with Crippen LogP contribution in [0.5, 0.6) is 5.75 Å². The third kappa shape index (κ3) is 3.71. The smallest absolute Gasteiger partial charge is 0.340 e. The lowest BCUT2D eigenvalue weighted by atomic mass is 10.1. The van der Waals surface area contributed by atoms with Gasteiger partial charge < -0.3 is 25.1 Å². The maximum absolute atomic E-state index is 12.7. The zero-order valence-corrected chi connectivity index (χ0v) is 16.4. The van der Waals surface area contributed by atoms with Crippen LogP contribution in [-0.4, -0.2) is 35.0 Å². The molecule has 1 atom stereocenters. The van der Waals surface area contributed by atoms with Crippen molar-refractivity contribution in [3.05, 3.63) is 40.7 Å². The van der Waals surface area contributed by atoms with Crippen LogP contribution in [0.4, 0.5) is 11.4 Å². The van der Waals surface area contributed by atoms with Gasteiger partial charge in [-0.1, -0.05) is 0 Å². The quantitative estimate of drug-likeness (QED) is 0.701. The van der Waals surface area contributed by atoms with E-state index in [0.29, 0.717) is 33.9 Å². The Kier molecular flexibility index (Phi) is 5.13. The SMILES string of the molecule is Cc1[nH]c(C(=O)Nc2ccc3c(c2)NC(=O)C(C)O3)c(C)c1C(=O)OC(C)C. The van der Waals surface area contributed by atoms with Gasteiger partial charge in [0.25, 0.3) is 11.8 Å². The first-order valence-corrected chi connectivity index (χ1v) is 9.00. The van der Waals surface area contributed by atoms with Gasteiger partial charge in [-0.05, 0) is 58.4 Å². The van der Waals surface area contributed by atoms with E-state index < -0.39 is 18.0 Å². The lowest BCUT2D eigenvalue weighted by Crippen LogP contribution is -2.34. The van der Waals surface area contributed by atoms with Gasteiger partial charge in [0.15, 0.2) is 6.10 Å². The third-order valence-corrected chi connectivity index (χ3v) is 4.38. The Morgan fingerprint density at radius 3 is 2.64 bits per heavy atom. The van der Waals surface area contributed by atoms with Crippen molar-refractivity contribution < 1.29 is 23.9 Å². The topological polar surface area (TPSA) is 110 Å². The molecule has 3 rings (SSSR count). The molecule has 0 aliphatic carbocycles. The second kappa shape index (κ2) is 7.38. The summed E-state index contributed by atoms with van der Waals surface area (Å²) in [7, 11) is 0. The van der Waals surface area contributed by atoms with E-state index in [4.69, 9.17) is 9.47 Å². The summed E-state index contributed by atoms with van der Waals surface area (Å²) in [5, 5.41) is 5.50. The van der Waals surface area contributed by atoms with E-state index in [1.165, 1.54) is 0 Å². The van der Waals surface area contributed by atoms with Gasteiger partial charge in [-0.15, -0.1) is 0 Å². The minimum Gasteiger partial charge on any atom is -0.479 e. The van der Waals surface area contributed by atoms with Crippen LogP contribution in [0.15, 0.2) is 18.2 Å². The van der Waals surface area contributed by atoms with E-state index in [1.54, 1.807) is 52.8 Å². The molecule has 2 aromatic rings. The highest BCUT2D eigenvalue weighted by molar-refractivity contribution is 6.07. The maximum atomic E-state index is 12.7. The standard InChI is InChI=1S/C20H23N3O5/c1-9(2)27-20(26)16-10(3)17(21-11(16)4)19(25)22-13-6-7-15-14(8-13)23-18(24)12(5)28-15/h6-9,12,21H,1-5H3,(H,22,25)(H,23,24). The normalized spacial score (nSPS) is 15.5. The number of rotatable bonds is 4. The van der Waals surface area contributed by atoms with Gasteiger partial charge in [-0.2, -0.15) is 0 Å². The Morgan fingerprint density at radius 2 is 1.96 bits per heavy atom. The number of benzene rings is 1. The Labute approximate surface area is 162 Å². The van der Waals surface area contributed by atoms with Crippen LogP contribution in [-0.2, 0) is 9.53 Å². The molecular formula is C20H23N3O5. The molecule has 0 fully saturated rings. The average molecular weight is 385 g/mol. The zero-order chi connectivity index (χ0) is 20.6. The van der Waals surface area contributed by atoms with Crippen molar-refractivity contribution in [2.45, 2.75) is 46.8 Å². The summed E-state index contributed by atoms with van der Waals surface area (Å²) >= 11 is 0. The van der Waals surface area contributed by atoms with Crippen molar-refractivity contribution >= 4 is 29.2 Å². The zero-order valence-electron chi connectivity index (χ0n) is 16.4. The van der Waals surface area contributed by atoms with Crippen LogP contribution >= 0.6 is 0 Å². The molecule has 1 aliphatic heterocycles. The molecule has 0 spiro atoms. The number of hydrogen-bond acceptors (Lipinski definition) is 5. The molecule has 0 radical (unpaired) electrons. The van der Waals surface area contributed by atoms with Crippen molar-refractivity contribution in [2.75, 3.05) is 10.6 Å². The number of carbonyl (C=O) groups is 3. The summed E-state index contributed by atoms with van der Waals surface area (Å²) in [6, 6.07) is 4.98. The summed E-state index contributed by atoms with van der Waals surface area (Å²) in [5.74, 6) is -0.584. The Morgan fingerprint density at radius 1 is 1.25 bits per heavy atom. The second-order valence-electron chi connectivity index (χ2n) is 6.99. The molecule has 0 saturated heterocycles. The first kappa shape index (κ1) is 19.5. The number of ether oxygens (including phenoxy) is 2. The number of aromatic nitrogens is 1. The molecule has 0 saturated carbocycles. The Hall–Kier alpha value is -3.29. The Balaban J connectivity index is 1.82. The van der Waals surface area contributed by atoms with Crippen LogP contribution in [0, 0.1) is 13.8 Å². The predicted molar refractivity (Wildman–Crippen MR) is 104 cm³/mol. The summed E-state index contributed by atoms with van der Waals surface area (Å²) in [6.45, 7) is 8.60. The first-order valence-electron chi connectivity index (χ1n) is 9.00. The number of anilines is 2. The molecule has 1 aromatic heterocycles. The molecule has 2 heterocycles. The molecule has 1 aromatic carbocycles. The van der Waals surface area contributed by atoms with Crippen molar-refractivity contribution in [2.24, 2.45) is 0 Å². The lowest BCUT2D eigenvalue weighted by molar-refractivity contribution is -0.122. The van der Waals surface area contributed by atoms with Crippen LogP contribution in [0.2, 0.25) is 0 Å². The van der Waals surface area contributed by atoms with E-state index in [1.807, 2.05) is 0 Å². The summed E-state index contributed by atoms with van der Waals surface area (Å²) in [5.41, 5.74) is 2.69. The molecule has 148 valence electrons. The van der Waals surface area contributed by atoms with Crippen molar-refractivity contribution in [1.82, 2.24) is 4.98 Å². The van der Waals surface area contributed by atoms with E-state index in [-0.39, 0.29) is 17.7 Å². The van der Waals surface area contributed by atoms with Gasteiger partial charge >= 0.3 is 5.97 Å². The lowest BCUT2D eigenvalue weighted by Gasteiger charge is -2.23. The number of hydrogen-bond donors (Lipinski definition) is 3. The van der Waals surface area contributed by atoms with Gasteiger partial charge in [-0.25, -0.2) is 4.79 Å². The number of nitrogens with one attached hydrogen (secondary N) is 3. The number of aryl methyl sites for hydroxylation is 1. The molecule has 28 heavy (non-hydrogen) atoms. The third-order valence-electron chi connectivity index (χ3n) is 4.38. The van der Waals surface area contributed by atoms with Crippen molar-refractivity contribution in [3.8, 4) is 5.75 Å². The Bertz CT molecular complexity index is 961. The highest BCUT2D eigenvalue weighted by Crippen LogP contribution is 2.32. The first-order chi connectivity index (χ1) is 13.2. The van der Waals surface area contributed by atoms with E-state index in [2.05, 4.69) is 15.6 Å².